The molecule has 0 saturated heterocycles. The van der Waals surface area contributed by atoms with Crippen molar-refractivity contribution in [2.45, 2.75) is 6.43 Å². The van der Waals surface area contributed by atoms with E-state index in [0.29, 0.717) is 0 Å². The summed E-state index contributed by atoms with van der Waals surface area (Å²) < 4.78 is 24.6. The maximum absolute atomic E-state index is 12.3. The van der Waals surface area contributed by atoms with Crippen LogP contribution in [-0.2, 0) is 0 Å². The van der Waals surface area contributed by atoms with Gasteiger partial charge in [0.15, 0.2) is 11.4 Å². The van der Waals surface area contributed by atoms with E-state index in [1.807, 2.05) is 0 Å². The highest BCUT2D eigenvalue weighted by Gasteiger charge is 2.23. The smallest absolute Gasteiger partial charge is 0.274 e. The number of aromatic nitrogens is 1. The predicted molar refractivity (Wildman–Crippen MR) is 46.1 cm³/mol. The molecule has 0 radical (unpaired) electrons. The Morgan fingerprint density at radius 1 is 1.57 bits per heavy atom. The Hall–Kier alpha value is -0.940. The van der Waals surface area contributed by atoms with Gasteiger partial charge in [0.05, 0.1) is 10.6 Å². The molecule has 1 heterocycles. The van der Waals surface area contributed by atoms with Gasteiger partial charge in [0.25, 0.3) is 11.7 Å². The minimum atomic E-state index is -3.00. The Bertz CT molecular complexity index is 384. The number of halogens is 4. The number of hydrogen-bond donors (Lipinski definition) is 1. The summed E-state index contributed by atoms with van der Waals surface area (Å²) in [4.78, 5) is 13.9. The molecule has 1 aromatic rings. The van der Waals surface area contributed by atoms with E-state index in [1.54, 1.807) is 0 Å². The van der Waals surface area contributed by atoms with Crippen molar-refractivity contribution in [2.24, 2.45) is 0 Å². The maximum Gasteiger partial charge on any atom is 0.274 e. The van der Waals surface area contributed by atoms with Gasteiger partial charge in [-0.15, -0.1) is 0 Å². The molecule has 3 nitrogen and oxygen atoms in total. The van der Waals surface area contributed by atoms with Crippen LogP contribution in [0, 0.1) is 0 Å². The summed E-state index contributed by atoms with van der Waals surface area (Å²) in [6.45, 7) is 0. The van der Waals surface area contributed by atoms with Crippen LogP contribution >= 0.6 is 23.2 Å². The summed E-state index contributed by atoms with van der Waals surface area (Å²) in [5.74, 6) is -0.979. The van der Waals surface area contributed by atoms with Gasteiger partial charge in [0.1, 0.15) is 0 Å². The molecule has 0 amide bonds. The number of aromatic hydroxyl groups is 1. The van der Waals surface area contributed by atoms with Gasteiger partial charge < -0.3 is 5.11 Å². The fourth-order valence-corrected chi connectivity index (χ4v) is 1.20. The largest absolute Gasteiger partial charge is 0.505 e. The molecule has 0 atom stereocenters. The average molecular weight is 242 g/mol. The Kier molecular flexibility index (Phi) is 3.23. The van der Waals surface area contributed by atoms with Gasteiger partial charge in [-0.1, -0.05) is 11.6 Å². The first-order valence-corrected chi connectivity index (χ1v) is 4.06. The van der Waals surface area contributed by atoms with Gasteiger partial charge in [0.2, 0.25) is 0 Å². The molecular weight excluding hydrogens is 239 g/mol. The highest BCUT2D eigenvalue weighted by molar-refractivity contribution is 6.67. The first-order chi connectivity index (χ1) is 6.45. The summed E-state index contributed by atoms with van der Waals surface area (Å²) in [6, 6.07) is 0. The second-order valence-electron chi connectivity index (χ2n) is 2.29. The summed E-state index contributed by atoms with van der Waals surface area (Å²) in [6.07, 6.45) is -2.17. The van der Waals surface area contributed by atoms with Crippen molar-refractivity contribution in [2.75, 3.05) is 0 Å². The molecule has 0 aliphatic rings. The monoisotopic (exact) mass is 241 g/mol. The topological polar surface area (TPSA) is 50.2 Å². The van der Waals surface area contributed by atoms with Crippen LogP contribution in [0.15, 0.2) is 6.20 Å². The maximum atomic E-state index is 12.3. The Labute approximate surface area is 87.3 Å². The van der Waals surface area contributed by atoms with Gasteiger partial charge in [-0.2, -0.15) is 0 Å². The molecule has 0 saturated carbocycles. The molecule has 0 aliphatic heterocycles. The number of rotatable bonds is 2. The van der Waals surface area contributed by atoms with Crippen LogP contribution in [0.1, 0.15) is 22.5 Å². The van der Waals surface area contributed by atoms with E-state index in [9.17, 15) is 18.7 Å². The van der Waals surface area contributed by atoms with Gasteiger partial charge in [0, 0.05) is 6.20 Å². The molecule has 0 spiro atoms. The molecule has 14 heavy (non-hydrogen) atoms. The van der Waals surface area contributed by atoms with Crippen molar-refractivity contribution in [1.29, 1.82) is 0 Å². The summed E-state index contributed by atoms with van der Waals surface area (Å²) in [5, 5.41) is 7.64. The lowest BCUT2D eigenvalue weighted by Crippen LogP contribution is -1.99. The molecule has 0 fully saturated rings. The van der Waals surface area contributed by atoms with E-state index in [1.165, 1.54) is 0 Å². The minimum Gasteiger partial charge on any atom is -0.505 e. The molecule has 1 N–H and O–H groups in total. The third kappa shape index (κ3) is 1.93. The molecule has 0 aromatic carbocycles. The van der Waals surface area contributed by atoms with Crippen molar-refractivity contribution in [3.8, 4) is 5.75 Å². The summed E-state index contributed by atoms with van der Waals surface area (Å²) in [5.41, 5.74) is -1.47. The Morgan fingerprint density at radius 2 is 2.14 bits per heavy atom. The Balaban J connectivity index is 3.41. The first kappa shape index (κ1) is 11.1. The lowest BCUT2D eigenvalue weighted by atomic mass is 10.2. The van der Waals surface area contributed by atoms with Gasteiger partial charge in [-0.25, -0.2) is 13.8 Å². The molecule has 0 unspecified atom stereocenters. The number of alkyl halides is 2. The molecular formula is C7H3Cl2F2NO2. The third-order valence-electron chi connectivity index (χ3n) is 1.45. The van der Waals surface area contributed by atoms with Gasteiger partial charge in [-0.3, -0.25) is 4.79 Å². The number of pyridine rings is 1. The minimum absolute atomic E-state index is 0.417. The van der Waals surface area contributed by atoms with Crippen molar-refractivity contribution in [1.82, 2.24) is 4.98 Å². The number of hydrogen-bond acceptors (Lipinski definition) is 3. The van der Waals surface area contributed by atoms with Crippen LogP contribution in [0.3, 0.4) is 0 Å². The van der Waals surface area contributed by atoms with E-state index in [2.05, 4.69) is 4.98 Å². The van der Waals surface area contributed by atoms with Crippen LogP contribution in [0.2, 0.25) is 5.02 Å². The molecule has 7 heteroatoms. The molecule has 0 bridgehead atoms. The van der Waals surface area contributed by atoms with Crippen LogP contribution in [0.4, 0.5) is 8.78 Å². The van der Waals surface area contributed by atoms with Crippen molar-refractivity contribution >= 4 is 28.4 Å². The summed E-state index contributed by atoms with van der Waals surface area (Å²) in [7, 11) is 0. The first-order valence-electron chi connectivity index (χ1n) is 3.30. The highest BCUT2D eigenvalue weighted by atomic mass is 35.5. The predicted octanol–water partition coefficient (Wildman–Crippen LogP) is 2.76. The Morgan fingerprint density at radius 3 is 2.57 bits per heavy atom. The van der Waals surface area contributed by atoms with E-state index in [4.69, 9.17) is 23.2 Å². The van der Waals surface area contributed by atoms with E-state index in [0.717, 1.165) is 6.20 Å². The molecule has 0 aliphatic carbocycles. The number of carbonyl (C=O) groups is 1. The van der Waals surface area contributed by atoms with Gasteiger partial charge >= 0.3 is 0 Å². The lowest BCUT2D eigenvalue weighted by molar-refractivity contribution is 0.107. The molecule has 1 rings (SSSR count). The second kappa shape index (κ2) is 4.06. The fourth-order valence-electron chi connectivity index (χ4n) is 0.844. The van der Waals surface area contributed by atoms with Crippen LogP contribution < -0.4 is 0 Å². The zero-order chi connectivity index (χ0) is 10.9. The summed E-state index contributed by atoms with van der Waals surface area (Å²) >= 11 is 10.3. The normalized spacial score (nSPS) is 10.6. The zero-order valence-electron chi connectivity index (χ0n) is 6.47. The highest BCUT2D eigenvalue weighted by Crippen LogP contribution is 2.36. The molecule has 76 valence electrons. The van der Waals surface area contributed by atoms with Crippen LogP contribution in [0.5, 0.6) is 5.75 Å². The fraction of sp³-hybridized carbons (Fsp3) is 0.143. The lowest BCUT2D eigenvalue weighted by Gasteiger charge is -2.07. The van der Waals surface area contributed by atoms with Crippen molar-refractivity contribution < 1.29 is 18.7 Å². The standard InChI is InChI=1S/C7H3Cl2F2NO2/c8-2-1-12-4(6(9)14)5(13)3(2)7(10)11/h1,7,13H. The second-order valence-corrected chi connectivity index (χ2v) is 3.04. The van der Waals surface area contributed by atoms with E-state index < -0.39 is 33.7 Å². The van der Waals surface area contributed by atoms with Gasteiger partial charge in [-0.05, 0) is 11.6 Å². The number of nitrogens with zero attached hydrogens (tertiary/aromatic N) is 1. The van der Waals surface area contributed by atoms with E-state index >= 15 is 0 Å². The van der Waals surface area contributed by atoms with Crippen LogP contribution in [0.25, 0.3) is 0 Å². The van der Waals surface area contributed by atoms with E-state index in [-0.39, 0.29) is 0 Å². The third-order valence-corrected chi connectivity index (χ3v) is 1.93. The zero-order valence-corrected chi connectivity index (χ0v) is 7.98. The molecule has 1 aromatic heterocycles. The average Bonchev–Trinajstić information content (AvgIpc) is 2.02. The quantitative estimate of drug-likeness (QED) is 0.811. The van der Waals surface area contributed by atoms with Crippen LogP contribution in [-0.4, -0.2) is 15.3 Å². The number of carbonyl (C=O) groups excluding carboxylic acids is 1. The van der Waals surface area contributed by atoms with Crippen molar-refractivity contribution in [3.05, 3.63) is 22.5 Å². The SMILES string of the molecule is O=C(Cl)c1ncc(Cl)c(C(F)F)c1O. The van der Waals surface area contributed by atoms with Crippen molar-refractivity contribution in [3.63, 3.8) is 0 Å².